The molecule has 8 heteroatoms. The largest absolute Gasteiger partial charge is 0.454 e. The monoisotopic (exact) mass is 554 g/mol. The van der Waals surface area contributed by atoms with Gasteiger partial charge < -0.3 is 19.7 Å². The van der Waals surface area contributed by atoms with Crippen molar-refractivity contribution in [3.8, 4) is 11.5 Å². The molecule has 1 heterocycles. The zero-order valence-corrected chi connectivity index (χ0v) is 23.1. The van der Waals surface area contributed by atoms with Crippen LogP contribution >= 0.6 is 23.2 Å². The van der Waals surface area contributed by atoms with Gasteiger partial charge in [-0.1, -0.05) is 79.5 Å². The zero-order valence-electron chi connectivity index (χ0n) is 21.6. The summed E-state index contributed by atoms with van der Waals surface area (Å²) in [5.41, 5.74) is 2.73. The molecular formula is C30H32Cl2N2O4. The Hall–Kier alpha value is -3.22. The Labute approximate surface area is 233 Å². The van der Waals surface area contributed by atoms with Crippen LogP contribution in [0.2, 0.25) is 10.0 Å². The molecule has 3 aromatic carbocycles. The predicted octanol–water partition coefficient (Wildman–Crippen LogP) is 6.07. The van der Waals surface area contributed by atoms with Gasteiger partial charge in [0.25, 0.3) is 0 Å². The van der Waals surface area contributed by atoms with Gasteiger partial charge in [-0.2, -0.15) is 0 Å². The number of amides is 2. The fourth-order valence-electron chi connectivity index (χ4n) is 4.30. The highest BCUT2D eigenvalue weighted by Gasteiger charge is 2.30. The van der Waals surface area contributed by atoms with Crippen molar-refractivity contribution in [2.75, 3.05) is 13.3 Å². The van der Waals surface area contributed by atoms with E-state index in [1.807, 2.05) is 68.4 Å². The van der Waals surface area contributed by atoms with Crippen LogP contribution in [-0.4, -0.2) is 36.1 Å². The molecule has 0 spiro atoms. The van der Waals surface area contributed by atoms with Gasteiger partial charge in [-0.05, 0) is 53.3 Å². The molecule has 0 aromatic heterocycles. The summed E-state index contributed by atoms with van der Waals surface area (Å²) in [6.07, 6.45) is 1.12. The molecule has 200 valence electrons. The first-order valence-electron chi connectivity index (χ1n) is 12.7. The normalized spacial score (nSPS) is 12.9. The van der Waals surface area contributed by atoms with Crippen molar-refractivity contribution in [2.24, 2.45) is 5.92 Å². The minimum absolute atomic E-state index is 0.130. The molecule has 4 rings (SSSR count). The fourth-order valence-corrected chi connectivity index (χ4v) is 4.62. The van der Waals surface area contributed by atoms with Crippen LogP contribution in [0.3, 0.4) is 0 Å². The number of halogens is 2. The van der Waals surface area contributed by atoms with E-state index < -0.39 is 6.04 Å². The van der Waals surface area contributed by atoms with Gasteiger partial charge >= 0.3 is 0 Å². The number of nitrogens with zero attached hydrogens (tertiary/aromatic N) is 1. The average Bonchev–Trinajstić information content (AvgIpc) is 3.38. The summed E-state index contributed by atoms with van der Waals surface area (Å²) in [4.78, 5) is 29.0. The van der Waals surface area contributed by atoms with Crippen LogP contribution in [0.15, 0.2) is 66.7 Å². The quantitative estimate of drug-likeness (QED) is 0.312. The molecule has 0 saturated heterocycles. The molecule has 38 heavy (non-hydrogen) atoms. The molecule has 1 aliphatic rings. The number of carbonyl (C=O) groups is 2. The fraction of sp³-hybridized carbons (Fsp3) is 0.333. The van der Waals surface area contributed by atoms with Gasteiger partial charge in [0.2, 0.25) is 18.6 Å². The van der Waals surface area contributed by atoms with Crippen molar-refractivity contribution in [3.05, 3.63) is 93.5 Å². The average molecular weight is 556 g/mol. The van der Waals surface area contributed by atoms with E-state index in [4.69, 9.17) is 32.7 Å². The summed E-state index contributed by atoms with van der Waals surface area (Å²) in [5, 5.41) is 3.88. The van der Waals surface area contributed by atoms with Crippen molar-refractivity contribution in [1.29, 1.82) is 0 Å². The van der Waals surface area contributed by atoms with Gasteiger partial charge in [0.05, 0.1) is 10.0 Å². The summed E-state index contributed by atoms with van der Waals surface area (Å²) in [6, 6.07) is 20.0. The van der Waals surface area contributed by atoms with Crippen LogP contribution in [0.5, 0.6) is 11.5 Å². The lowest BCUT2D eigenvalue weighted by Crippen LogP contribution is -2.51. The summed E-state index contributed by atoms with van der Waals surface area (Å²) in [7, 11) is 0. The van der Waals surface area contributed by atoms with Gasteiger partial charge in [-0.25, -0.2) is 0 Å². The standard InChI is InChI=1S/C30H32Cl2N2O4/c1-20(2)17-33-30(36)26(15-21-6-4-3-5-7-21)34(18-23-8-11-24(31)25(32)14-23)29(35)13-10-22-9-12-27-28(16-22)38-19-37-27/h3-9,11-12,14,16,20,26H,10,13,15,17-19H2,1-2H3,(H,33,36)/t26-/m0/s1. The number of ether oxygens (including phenoxy) is 2. The van der Waals surface area contributed by atoms with Crippen LogP contribution in [0.4, 0.5) is 0 Å². The molecule has 3 aromatic rings. The summed E-state index contributed by atoms with van der Waals surface area (Å²) >= 11 is 12.4. The van der Waals surface area contributed by atoms with Crippen molar-refractivity contribution in [1.82, 2.24) is 10.2 Å². The number of rotatable bonds is 11. The Bertz CT molecular complexity index is 1270. The van der Waals surface area contributed by atoms with Crippen LogP contribution in [-0.2, 0) is 29.0 Å². The number of benzene rings is 3. The molecule has 1 aliphatic heterocycles. The molecule has 1 atom stereocenters. The molecule has 2 amide bonds. The van der Waals surface area contributed by atoms with E-state index in [-0.39, 0.29) is 37.5 Å². The van der Waals surface area contributed by atoms with Crippen LogP contribution < -0.4 is 14.8 Å². The van der Waals surface area contributed by atoms with Crippen LogP contribution in [0.25, 0.3) is 0 Å². The Morgan fingerprint density at radius 1 is 0.895 bits per heavy atom. The lowest BCUT2D eigenvalue weighted by Gasteiger charge is -2.32. The second kappa shape index (κ2) is 13.0. The molecule has 1 N–H and O–H groups in total. The van der Waals surface area contributed by atoms with E-state index in [0.29, 0.717) is 40.9 Å². The Kier molecular flexibility index (Phi) is 9.53. The van der Waals surface area contributed by atoms with Crippen molar-refractivity contribution >= 4 is 35.0 Å². The smallest absolute Gasteiger partial charge is 0.243 e. The first-order valence-corrected chi connectivity index (χ1v) is 13.5. The maximum Gasteiger partial charge on any atom is 0.243 e. The number of hydrogen-bond acceptors (Lipinski definition) is 4. The lowest BCUT2D eigenvalue weighted by atomic mass is 10.0. The Balaban J connectivity index is 1.60. The lowest BCUT2D eigenvalue weighted by molar-refractivity contribution is -0.141. The van der Waals surface area contributed by atoms with E-state index in [0.717, 1.165) is 16.7 Å². The minimum Gasteiger partial charge on any atom is -0.454 e. The molecule has 0 aliphatic carbocycles. The van der Waals surface area contributed by atoms with E-state index in [1.165, 1.54) is 0 Å². The van der Waals surface area contributed by atoms with E-state index >= 15 is 0 Å². The highest BCUT2D eigenvalue weighted by atomic mass is 35.5. The minimum atomic E-state index is -0.699. The van der Waals surface area contributed by atoms with E-state index in [2.05, 4.69) is 5.32 Å². The third-order valence-electron chi connectivity index (χ3n) is 6.36. The molecular weight excluding hydrogens is 523 g/mol. The molecule has 0 radical (unpaired) electrons. The van der Waals surface area contributed by atoms with Gasteiger partial charge in [0.15, 0.2) is 11.5 Å². The molecule has 0 saturated carbocycles. The first kappa shape index (κ1) is 27.8. The van der Waals surface area contributed by atoms with E-state index in [1.54, 1.807) is 17.0 Å². The number of carbonyl (C=O) groups excluding carboxylic acids is 2. The van der Waals surface area contributed by atoms with Crippen LogP contribution in [0.1, 0.15) is 37.0 Å². The predicted molar refractivity (Wildman–Crippen MR) is 150 cm³/mol. The van der Waals surface area contributed by atoms with Crippen LogP contribution in [0, 0.1) is 5.92 Å². The van der Waals surface area contributed by atoms with Gasteiger partial charge in [0, 0.05) is 25.9 Å². The van der Waals surface area contributed by atoms with Crippen molar-refractivity contribution in [2.45, 2.75) is 45.7 Å². The second-order valence-corrected chi connectivity index (χ2v) is 10.6. The number of aryl methyl sites for hydroxylation is 1. The number of hydrogen-bond donors (Lipinski definition) is 1. The maximum absolute atomic E-state index is 13.8. The molecule has 0 bridgehead atoms. The summed E-state index contributed by atoms with van der Waals surface area (Å²) < 4.78 is 10.9. The molecule has 0 fully saturated rings. The summed E-state index contributed by atoms with van der Waals surface area (Å²) in [6.45, 7) is 5.02. The van der Waals surface area contributed by atoms with Crippen molar-refractivity contribution < 1.29 is 19.1 Å². The highest BCUT2D eigenvalue weighted by molar-refractivity contribution is 6.42. The molecule has 6 nitrogen and oxygen atoms in total. The molecule has 0 unspecified atom stereocenters. The Morgan fingerprint density at radius 3 is 2.37 bits per heavy atom. The van der Waals surface area contributed by atoms with Crippen molar-refractivity contribution in [3.63, 3.8) is 0 Å². The third kappa shape index (κ3) is 7.42. The second-order valence-electron chi connectivity index (χ2n) is 9.80. The highest BCUT2D eigenvalue weighted by Crippen LogP contribution is 2.33. The zero-order chi connectivity index (χ0) is 27.1. The Morgan fingerprint density at radius 2 is 1.63 bits per heavy atom. The number of nitrogens with one attached hydrogen (secondary N) is 1. The topological polar surface area (TPSA) is 67.9 Å². The third-order valence-corrected chi connectivity index (χ3v) is 7.10. The van der Waals surface area contributed by atoms with E-state index in [9.17, 15) is 9.59 Å². The first-order chi connectivity index (χ1) is 18.3. The SMILES string of the molecule is CC(C)CNC(=O)[C@H](Cc1ccccc1)N(Cc1ccc(Cl)c(Cl)c1)C(=O)CCc1ccc2c(c1)OCO2. The van der Waals surface area contributed by atoms with Gasteiger partial charge in [-0.3, -0.25) is 9.59 Å². The number of fused-ring (bicyclic) bond motifs is 1. The van der Waals surface area contributed by atoms with Gasteiger partial charge in [-0.15, -0.1) is 0 Å². The maximum atomic E-state index is 13.8. The van der Waals surface area contributed by atoms with Gasteiger partial charge in [0.1, 0.15) is 6.04 Å². The summed E-state index contributed by atoms with van der Waals surface area (Å²) in [5.74, 6) is 1.35.